The number of hydrogen-bond acceptors (Lipinski definition) is 5. The summed E-state index contributed by atoms with van der Waals surface area (Å²) in [4.78, 5) is 2.37. The Morgan fingerprint density at radius 2 is 2.07 bits per heavy atom. The van der Waals surface area contributed by atoms with Gasteiger partial charge in [0.25, 0.3) is 0 Å². The average Bonchev–Trinajstić information content (AvgIpc) is 2.32. The van der Waals surface area contributed by atoms with E-state index in [1.54, 1.807) is 0 Å². The molecular formula is C10H20N2O3. The van der Waals surface area contributed by atoms with Crippen LogP contribution < -0.4 is 5.32 Å². The van der Waals surface area contributed by atoms with Crippen molar-refractivity contribution in [2.24, 2.45) is 0 Å². The second-order valence-corrected chi connectivity index (χ2v) is 3.84. The topological polar surface area (TPSA) is 43.0 Å². The van der Waals surface area contributed by atoms with E-state index in [9.17, 15) is 0 Å². The van der Waals surface area contributed by atoms with Gasteiger partial charge >= 0.3 is 0 Å². The van der Waals surface area contributed by atoms with E-state index in [1.165, 1.54) is 0 Å². The minimum atomic E-state index is 0.0831. The highest BCUT2D eigenvalue weighted by atomic mass is 16.5. The highest BCUT2D eigenvalue weighted by Gasteiger charge is 2.14. The van der Waals surface area contributed by atoms with Crippen LogP contribution in [0.15, 0.2) is 0 Å². The summed E-state index contributed by atoms with van der Waals surface area (Å²) in [5.74, 6) is 0. The van der Waals surface area contributed by atoms with Crippen molar-refractivity contribution >= 4 is 0 Å². The lowest BCUT2D eigenvalue weighted by Gasteiger charge is -2.28. The van der Waals surface area contributed by atoms with Crippen molar-refractivity contribution in [3.05, 3.63) is 0 Å². The molecular weight excluding hydrogens is 196 g/mol. The van der Waals surface area contributed by atoms with Gasteiger partial charge in [-0.2, -0.15) is 0 Å². The van der Waals surface area contributed by atoms with Crippen LogP contribution in [-0.2, 0) is 14.2 Å². The second-order valence-electron chi connectivity index (χ2n) is 3.84. The maximum absolute atomic E-state index is 5.67. The average molecular weight is 216 g/mol. The fourth-order valence-electron chi connectivity index (χ4n) is 1.80. The normalized spacial score (nSPS) is 29.2. The predicted octanol–water partition coefficient (Wildman–Crippen LogP) is -0.719. The third-order valence-corrected chi connectivity index (χ3v) is 2.72. The van der Waals surface area contributed by atoms with Crippen LogP contribution in [0.25, 0.3) is 0 Å². The molecule has 1 N–H and O–H groups in total. The van der Waals surface area contributed by atoms with E-state index in [0.29, 0.717) is 6.61 Å². The summed E-state index contributed by atoms with van der Waals surface area (Å²) in [5.41, 5.74) is 0. The van der Waals surface area contributed by atoms with Gasteiger partial charge in [-0.3, -0.25) is 10.2 Å². The van der Waals surface area contributed by atoms with Gasteiger partial charge in [0.2, 0.25) is 0 Å². The summed E-state index contributed by atoms with van der Waals surface area (Å²) >= 11 is 0. The predicted molar refractivity (Wildman–Crippen MR) is 55.8 cm³/mol. The molecule has 2 rings (SSSR count). The standard InChI is InChI=1S/C10H20N2O3/c1-5-14-9-10(11-1)15-8-4-12-2-6-13-7-3-12/h10-11H,1-9H2. The smallest absolute Gasteiger partial charge is 0.131 e. The maximum Gasteiger partial charge on any atom is 0.131 e. The van der Waals surface area contributed by atoms with Crippen LogP contribution in [0, 0.1) is 0 Å². The zero-order chi connectivity index (χ0) is 10.3. The van der Waals surface area contributed by atoms with E-state index in [-0.39, 0.29) is 6.23 Å². The fraction of sp³-hybridized carbons (Fsp3) is 1.00. The zero-order valence-electron chi connectivity index (χ0n) is 9.11. The van der Waals surface area contributed by atoms with E-state index in [0.717, 1.165) is 52.6 Å². The summed E-state index contributed by atoms with van der Waals surface area (Å²) in [6, 6.07) is 0. The number of ether oxygens (including phenoxy) is 3. The molecule has 0 amide bonds. The Morgan fingerprint density at radius 3 is 2.80 bits per heavy atom. The third kappa shape index (κ3) is 4.04. The van der Waals surface area contributed by atoms with Gasteiger partial charge in [0.15, 0.2) is 0 Å². The van der Waals surface area contributed by atoms with Gasteiger partial charge in [-0.05, 0) is 0 Å². The fourth-order valence-corrected chi connectivity index (χ4v) is 1.80. The van der Waals surface area contributed by atoms with Crippen molar-refractivity contribution < 1.29 is 14.2 Å². The molecule has 0 aromatic heterocycles. The molecule has 5 nitrogen and oxygen atoms in total. The Morgan fingerprint density at radius 1 is 1.20 bits per heavy atom. The Labute approximate surface area is 90.7 Å². The first-order valence-corrected chi connectivity index (χ1v) is 5.68. The van der Waals surface area contributed by atoms with Crippen molar-refractivity contribution in [1.29, 1.82) is 0 Å². The van der Waals surface area contributed by atoms with Crippen LogP contribution in [0.2, 0.25) is 0 Å². The van der Waals surface area contributed by atoms with E-state index >= 15 is 0 Å². The molecule has 2 aliphatic heterocycles. The minimum Gasteiger partial charge on any atom is -0.379 e. The van der Waals surface area contributed by atoms with Crippen LogP contribution in [0.1, 0.15) is 0 Å². The lowest BCUT2D eigenvalue weighted by molar-refractivity contribution is -0.0694. The largest absolute Gasteiger partial charge is 0.379 e. The van der Waals surface area contributed by atoms with Gasteiger partial charge in [0, 0.05) is 26.2 Å². The maximum atomic E-state index is 5.67. The summed E-state index contributed by atoms with van der Waals surface area (Å²) in [7, 11) is 0. The van der Waals surface area contributed by atoms with Gasteiger partial charge in [-0.1, -0.05) is 0 Å². The minimum absolute atomic E-state index is 0.0831. The van der Waals surface area contributed by atoms with Gasteiger partial charge < -0.3 is 14.2 Å². The van der Waals surface area contributed by atoms with Crippen LogP contribution in [-0.4, -0.2) is 70.3 Å². The van der Waals surface area contributed by atoms with Crippen molar-refractivity contribution in [2.75, 3.05) is 59.2 Å². The number of morpholine rings is 2. The first kappa shape index (κ1) is 11.3. The SMILES string of the molecule is C1COCC(OCCN2CCOCC2)N1. The second kappa shape index (κ2) is 6.40. The molecule has 2 saturated heterocycles. The number of nitrogens with zero attached hydrogens (tertiary/aromatic N) is 1. The first-order chi connectivity index (χ1) is 7.45. The molecule has 1 unspecified atom stereocenters. The summed E-state index contributed by atoms with van der Waals surface area (Å²) in [6.07, 6.45) is 0.0831. The van der Waals surface area contributed by atoms with E-state index in [2.05, 4.69) is 10.2 Å². The summed E-state index contributed by atoms with van der Waals surface area (Å²) < 4.78 is 16.3. The lowest BCUT2D eigenvalue weighted by atomic mass is 10.4. The molecule has 2 fully saturated rings. The van der Waals surface area contributed by atoms with Crippen LogP contribution >= 0.6 is 0 Å². The molecule has 0 spiro atoms. The van der Waals surface area contributed by atoms with Crippen molar-refractivity contribution in [2.45, 2.75) is 6.23 Å². The number of rotatable bonds is 4. The van der Waals surface area contributed by atoms with Crippen molar-refractivity contribution in [1.82, 2.24) is 10.2 Å². The molecule has 0 aromatic rings. The molecule has 0 bridgehead atoms. The third-order valence-electron chi connectivity index (χ3n) is 2.72. The molecule has 0 saturated carbocycles. The van der Waals surface area contributed by atoms with Gasteiger partial charge in [0.05, 0.1) is 33.0 Å². The molecule has 88 valence electrons. The number of nitrogens with one attached hydrogen (secondary N) is 1. The molecule has 1 atom stereocenters. The molecule has 5 heteroatoms. The molecule has 0 radical (unpaired) electrons. The number of hydrogen-bond donors (Lipinski definition) is 1. The van der Waals surface area contributed by atoms with Gasteiger partial charge in [-0.15, -0.1) is 0 Å². The Bertz CT molecular complexity index is 150. The molecule has 2 aliphatic rings. The highest BCUT2D eigenvalue weighted by molar-refractivity contribution is 4.63. The van der Waals surface area contributed by atoms with Gasteiger partial charge in [-0.25, -0.2) is 0 Å². The van der Waals surface area contributed by atoms with E-state index in [4.69, 9.17) is 14.2 Å². The first-order valence-electron chi connectivity index (χ1n) is 5.68. The van der Waals surface area contributed by atoms with Crippen molar-refractivity contribution in [3.63, 3.8) is 0 Å². The molecule has 2 heterocycles. The molecule has 0 aliphatic carbocycles. The van der Waals surface area contributed by atoms with E-state index < -0.39 is 0 Å². The molecule has 0 aromatic carbocycles. The Kier molecular flexibility index (Phi) is 4.82. The summed E-state index contributed by atoms with van der Waals surface area (Å²) in [6.45, 7) is 7.86. The molecule has 15 heavy (non-hydrogen) atoms. The van der Waals surface area contributed by atoms with Crippen LogP contribution in [0.3, 0.4) is 0 Å². The van der Waals surface area contributed by atoms with Crippen LogP contribution in [0.5, 0.6) is 0 Å². The monoisotopic (exact) mass is 216 g/mol. The lowest BCUT2D eigenvalue weighted by Crippen LogP contribution is -2.45. The highest BCUT2D eigenvalue weighted by Crippen LogP contribution is 1.98. The Hall–Kier alpha value is -0.200. The van der Waals surface area contributed by atoms with Gasteiger partial charge in [0.1, 0.15) is 6.23 Å². The van der Waals surface area contributed by atoms with Crippen LogP contribution in [0.4, 0.5) is 0 Å². The van der Waals surface area contributed by atoms with Crippen molar-refractivity contribution in [3.8, 4) is 0 Å². The quantitative estimate of drug-likeness (QED) is 0.672. The zero-order valence-corrected chi connectivity index (χ0v) is 9.11. The Balaban J connectivity index is 1.53. The van der Waals surface area contributed by atoms with E-state index in [1.807, 2.05) is 0 Å². The summed E-state index contributed by atoms with van der Waals surface area (Å²) in [5, 5.41) is 3.27.